The van der Waals surface area contributed by atoms with Crippen LogP contribution in [0.15, 0.2) is 24.3 Å². The summed E-state index contributed by atoms with van der Waals surface area (Å²) in [7, 11) is 0. The molecule has 4 aliphatic rings. The minimum absolute atomic E-state index is 0.00308. The minimum Gasteiger partial charge on any atom is -0.456 e. The fourth-order valence-electron chi connectivity index (χ4n) is 3.41. The van der Waals surface area contributed by atoms with Gasteiger partial charge in [0.2, 0.25) is 0 Å². The lowest BCUT2D eigenvalue weighted by Gasteiger charge is -2.48. The number of ether oxygens (including phenoxy) is 2. The van der Waals surface area contributed by atoms with Gasteiger partial charge in [0, 0.05) is 11.5 Å². The van der Waals surface area contributed by atoms with Gasteiger partial charge in [-0.05, 0) is 12.8 Å². The summed E-state index contributed by atoms with van der Waals surface area (Å²) in [5.41, 5.74) is 0.322. The highest BCUT2D eigenvalue weighted by Gasteiger charge is 2.68. The molecule has 1 saturated heterocycles. The first-order chi connectivity index (χ1) is 8.86. The van der Waals surface area contributed by atoms with Gasteiger partial charge in [0.15, 0.2) is 6.10 Å². The van der Waals surface area contributed by atoms with Gasteiger partial charge in [-0.1, -0.05) is 25.7 Å². The molecule has 1 aliphatic heterocycles. The summed E-state index contributed by atoms with van der Waals surface area (Å²) in [6.07, 6.45) is 2.64. The van der Waals surface area contributed by atoms with Crippen LogP contribution in [0.3, 0.4) is 0 Å². The SMILES string of the molecule is C=C(C)C(=O)O[C@H]1[C@H]2C=C[C@@]3(Cl)[C@H](C(=O)O[C@@H]13)C2C. The summed E-state index contributed by atoms with van der Waals surface area (Å²) in [6.45, 7) is 7.09. The van der Waals surface area contributed by atoms with Crippen LogP contribution in [0, 0.1) is 17.8 Å². The average molecular weight is 283 g/mol. The molecule has 4 bridgehead atoms. The van der Waals surface area contributed by atoms with Crippen molar-refractivity contribution in [2.24, 2.45) is 17.8 Å². The van der Waals surface area contributed by atoms with Crippen molar-refractivity contribution in [3.05, 3.63) is 24.3 Å². The molecule has 0 spiro atoms. The third-order valence-corrected chi connectivity index (χ3v) is 4.96. The van der Waals surface area contributed by atoms with Crippen LogP contribution in [0.25, 0.3) is 0 Å². The Balaban J connectivity index is 1.97. The molecule has 0 amide bonds. The monoisotopic (exact) mass is 282 g/mol. The first-order valence-corrected chi connectivity index (χ1v) is 6.69. The van der Waals surface area contributed by atoms with Crippen LogP contribution in [-0.4, -0.2) is 29.0 Å². The molecule has 0 aromatic carbocycles. The maximum atomic E-state index is 11.9. The average Bonchev–Trinajstić information content (AvgIpc) is 2.55. The van der Waals surface area contributed by atoms with Crippen molar-refractivity contribution in [2.75, 3.05) is 0 Å². The van der Waals surface area contributed by atoms with Gasteiger partial charge in [0.05, 0.1) is 5.92 Å². The number of esters is 2. The van der Waals surface area contributed by atoms with E-state index in [1.807, 2.05) is 19.1 Å². The van der Waals surface area contributed by atoms with E-state index in [4.69, 9.17) is 21.1 Å². The zero-order valence-corrected chi connectivity index (χ0v) is 11.5. The molecule has 6 atom stereocenters. The third-order valence-electron chi connectivity index (χ3n) is 4.39. The minimum atomic E-state index is -0.884. The molecule has 3 aliphatic carbocycles. The molecule has 1 heterocycles. The standard InChI is InChI=1S/C14H15ClO4/c1-6(2)12(16)18-10-8-4-5-14(15)9(7(8)3)13(17)19-11(10)14/h4-5,7-11H,1H2,2-3H3/t7?,8-,9-,10-,11-,14+/m0/s1. The van der Waals surface area contributed by atoms with Crippen molar-refractivity contribution < 1.29 is 19.1 Å². The van der Waals surface area contributed by atoms with E-state index < -0.39 is 23.1 Å². The Labute approximate surface area is 116 Å². The first kappa shape index (κ1) is 12.7. The predicted octanol–water partition coefficient (Wildman–Crippen LogP) is 1.83. The Morgan fingerprint density at radius 3 is 2.89 bits per heavy atom. The lowest BCUT2D eigenvalue weighted by atomic mass is 9.61. The number of alkyl halides is 1. The van der Waals surface area contributed by atoms with E-state index >= 15 is 0 Å². The van der Waals surface area contributed by atoms with Gasteiger partial charge in [-0.3, -0.25) is 4.79 Å². The van der Waals surface area contributed by atoms with Crippen LogP contribution < -0.4 is 0 Å². The summed E-state index contributed by atoms with van der Waals surface area (Å²) >= 11 is 6.56. The zero-order valence-electron chi connectivity index (χ0n) is 10.8. The van der Waals surface area contributed by atoms with Crippen molar-refractivity contribution in [3.8, 4) is 0 Å². The molecule has 19 heavy (non-hydrogen) atoms. The van der Waals surface area contributed by atoms with Gasteiger partial charge in [-0.2, -0.15) is 0 Å². The van der Waals surface area contributed by atoms with Crippen LogP contribution in [0.2, 0.25) is 0 Å². The Hall–Kier alpha value is -1.29. The summed E-state index contributed by atoms with van der Waals surface area (Å²) in [5.74, 6) is -1.16. The molecule has 0 radical (unpaired) electrons. The fourth-order valence-corrected chi connectivity index (χ4v) is 3.94. The van der Waals surface area contributed by atoms with Crippen molar-refractivity contribution in [1.82, 2.24) is 0 Å². The second-order valence-corrected chi connectivity index (χ2v) is 6.26. The van der Waals surface area contributed by atoms with E-state index in [0.29, 0.717) is 5.57 Å². The lowest BCUT2D eigenvalue weighted by molar-refractivity contribution is -0.162. The second-order valence-electron chi connectivity index (χ2n) is 5.61. The fraction of sp³-hybridized carbons (Fsp3) is 0.571. The van der Waals surface area contributed by atoms with Gasteiger partial charge < -0.3 is 9.47 Å². The van der Waals surface area contributed by atoms with E-state index in [1.165, 1.54) is 0 Å². The van der Waals surface area contributed by atoms with Crippen LogP contribution in [0.1, 0.15) is 13.8 Å². The van der Waals surface area contributed by atoms with Crippen molar-refractivity contribution in [3.63, 3.8) is 0 Å². The van der Waals surface area contributed by atoms with E-state index in [2.05, 4.69) is 6.58 Å². The molecule has 5 heteroatoms. The van der Waals surface area contributed by atoms with Crippen molar-refractivity contribution in [2.45, 2.75) is 30.9 Å². The number of carbonyl (C=O) groups excluding carboxylic acids is 2. The third kappa shape index (κ3) is 1.52. The topological polar surface area (TPSA) is 52.6 Å². The smallest absolute Gasteiger partial charge is 0.333 e. The van der Waals surface area contributed by atoms with Crippen LogP contribution in [-0.2, 0) is 19.1 Å². The van der Waals surface area contributed by atoms with Gasteiger partial charge in [0.1, 0.15) is 11.0 Å². The van der Waals surface area contributed by atoms with Crippen molar-refractivity contribution in [1.29, 1.82) is 0 Å². The summed E-state index contributed by atoms with van der Waals surface area (Å²) in [4.78, 5) is 22.8. The number of halogens is 1. The lowest BCUT2D eigenvalue weighted by Crippen LogP contribution is -2.59. The van der Waals surface area contributed by atoms with E-state index in [-0.39, 0.29) is 23.7 Å². The Morgan fingerprint density at radius 2 is 2.26 bits per heavy atom. The summed E-state index contributed by atoms with van der Waals surface area (Å²) in [6, 6.07) is 0. The number of rotatable bonds is 2. The Morgan fingerprint density at radius 1 is 1.58 bits per heavy atom. The molecule has 1 unspecified atom stereocenters. The molecular formula is C14H15ClO4. The maximum Gasteiger partial charge on any atom is 0.333 e. The Bertz CT molecular complexity index is 512. The highest BCUT2D eigenvalue weighted by Crippen LogP contribution is 2.57. The molecule has 2 fully saturated rings. The van der Waals surface area contributed by atoms with Gasteiger partial charge >= 0.3 is 11.9 Å². The van der Waals surface area contributed by atoms with Crippen LogP contribution in [0.4, 0.5) is 0 Å². The van der Waals surface area contributed by atoms with Gasteiger partial charge in [0.25, 0.3) is 0 Å². The van der Waals surface area contributed by atoms with E-state index in [9.17, 15) is 9.59 Å². The van der Waals surface area contributed by atoms with E-state index in [1.54, 1.807) is 6.92 Å². The first-order valence-electron chi connectivity index (χ1n) is 6.31. The molecule has 102 valence electrons. The number of hydrogen-bond donors (Lipinski definition) is 0. The van der Waals surface area contributed by atoms with Crippen molar-refractivity contribution >= 4 is 23.5 Å². The van der Waals surface area contributed by atoms with Crippen LogP contribution >= 0.6 is 11.6 Å². The second kappa shape index (κ2) is 3.85. The van der Waals surface area contributed by atoms with E-state index in [0.717, 1.165) is 0 Å². The molecular weight excluding hydrogens is 268 g/mol. The van der Waals surface area contributed by atoms with Crippen LogP contribution in [0.5, 0.6) is 0 Å². The maximum absolute atomic E-state index is 11.9. The van der Waals surface area contributed by atoms with Gasteiger partial charge in [-0.15, -0.1) is 11.6 Å². The molecule has 0 N–H and O–H groups in total. The predicted molar refractivity (Wildman–Crippen MR) is 68.4 cm³/mol. The summed E-state index contributed by atoms with van der Waals surface area (Å²) < 4.78 is 10.8. The molecule has 4 rings (SSSR count). The molecule has 0 aromatic heterocycles. The summed E-state index contributed by atoms with van der Waals surface area (Å²) in [5, 5.41) is 0. The number of carbonyl (C=O) groups is 2. The highest BCUT2D eigenvalue weighted by molar-refractivity contribution is 6.28. The quantitative estimate of drug-likeness (QED) is 0.336. The van der Waals surface area contributed by atoms with Gasteiger partial charge in [-0.25, -0.2) is 4.79 Å². The highest BCUT2D eigenvalue weighted by atomic mass is 35.5. The molecule has 0 aromatic rings. The number of hydrogen-bond acceptors (Lipinski definition) is 4. The Kier molecular flexibility index (Phi) is 2.58. The normalized spacial score (nSPS) is 46.1. The largest absolute Gasteiger partial charge is 0.456 e. The molecule has 4 nitrogen and oxygen atoms in total. The molecule has 1 saturated carbocycles. The zero-order chi connectivity index (χ0) is 13.9.